The normalized spacial score (nSPS) is 10.6. The highest BCUT2D eigenvalue weighted by molar-refractivity contribution is 5.79. The van der Waals surface area contributed by atoms with Gasteiger partial charge in [0.1, 0.15) is 0 Å². The lowest BCUT2D eigenvalue weighted by Gasteiger charge is -2.04. The summed E-state index contributed by atoms with van der Waals surface area (Å²) in [6, 6.07) is 7.59. The van der Waals surface area contributed by atoms with Gasteiger partial charge in [0.15, 0.2) is 5.95 Å². The second kappa shape index (κ2) is 5.24. The first-order chi connectivity index (χ1) is 10.2. The Morgan fingerprint density at radius 1 is 1.14 bits per heavy atom. The predicted octanol–water partition coefficient (Wildman–Crippen LogP) is 2.43. The Balaban J connectivity index is 2.10. The van der Waals surface area contributed by atoms with Crippen LogP contribution in [-0.4, -0.2) is 27.0 Å². The summed E-state index contributed by atoms with van der Waals surface area (Å²) in [5.41, 5.74) is 10.2. The Hall–Kier alpha value is -2.89. The van der Waals surface area contributed by atoms with Crippen molar-refractivity contribution in [1.82, 2.24) is 19.9 Å². The number of imidazole rings is 1. The fraction of sp³-hybridized carbons (Fsp3) is 0.133. The van der Waals surface area contributed by atoms with E-state index in [0.717, 1.165) is 28.2 Å². The molecule has 0 radical (unpaired) electrons. The van der Waals surface area contributed by atoms with Gasteiger partial charge in [-0.2, -0.15) is 0 Å². The minimum Gasteiger partial charge on any atom is -0.481 e. The largest absolute Gasteiger partial charge is 0.481 e. The maximum Gasteiger partial charge on any atom is 0.212 e. The van der Waals surface area contributed by atoms with Gasteiger partial charge in [-0.1, -0.05) is 0 Å². The van der Waals surface area contributed by atoms with E-state index >= 15 is 0 Å². The van der Waals surface area contributed by atoms with Crippen molar-refractivity contribution in [3.05, 3.63) is 42.4 Å². The average molecular weight is 281 g/mol. The number of aryl methyl sites for hydroxylation is 1. The molecule has 0 aromatic carbocycles. The van der Waals surface area contributed by atoms with Gasteiger partial charge in [0.25, 0.3) is 0 Å². The third kappa shape index (κ3) is 2.55. The van der Waals surface area contributed by atoms with Crippen molar-refractivity contribution in [3.8, 4) is 28.4 Å². The van der Waals surface area contributed by atoms with E-state index in [9.17, 15) is 0 Å². The number of anilines is 1. The van der Waals surface area contributed by atoms with E-state index in [2.05, 4.69) is 19.9 Å². The minimum atomic E-state index is 0.366. The molecule has 3 aromatic rings. The van der Waals surface area contributed by atoms with E-state index in [4.69, 9.17) is 10.5 Å². The summed E-state index contributed by atoms with van der Waals surface area (Å²) in [7, 11) is 1.58. The number of nitrogens with one attached hydrogen (secondary N) is 1. The monoisotopic (exact) mass is 281 g/mol. The van der Waals surface area contributed by atoms with Crippen molar-refractivity contribution in [1.29, 1.82) is 0 Å². The molecule has 21 heavy (non-hydrogen) atoms. The number of aromatic amines is 1. The fourth-order valence-corrected chi connectivity index (χ4v) is 2.15. The molecule has 0 fully saturated rings. The van der Waals surface area contributed by atoms with Crippen molar-refractivity contribution in [3.63, 3.8) is 0 Å². The molecule has 0 aliphatic rings. The molecule has 6 nitrogen and oxygen atoms in total. The van der Waals surface area contributed by atoms with Crippen molar-refractivity contribution >= 4 is 5.95 Å². The fourth-order valence-electron chi connectivity index (χ4n) is 2.15. The number of nitrogens with zero attached hydrogens (tertiary/aromatic N) is 3. The molecule has 0 saturated heterocycles. The molecule has 0 bridgehead atoms. The van der Waals surface area contributed by atoms with Crippen LogP contribution in [0.4, 0.5) is 5.95 Å². The van der Waals surface area contributed by atoms with E-state index in [1.54, 1.807) is 25.6 Å². The van der Waals surface area contributed by atoms with Crippen LogP contribution in [0, 0.1) is 6.92 Å². The molecule has 0 atom stereocenters. The summed E-state index contributed by atoms with van der Waals surface area (Å²) in [6.07, 6.45) is 3.48. The number of nitrogen functional groups attached to an aromatic ring is 1. The molecule has 0 saturated carbocycles. The maximum absolute atomic E-state index is 5.82. The smallest absolute Gasteiger partial charge is 0.212 e. The zero-order valence-corrected chi connectivity index (χ0v) is 11.8. The van der Waals surface area contributed by atoms with Crippen molar-refractivity contribution in [2.45, 2.75) is 6.92 Å². The number of pyridine rings is 2. The van der Waals surface area contributed by atoms with E-state index in [0.29, 0.717) is 11.8 Å². The van der Waals surface area contributed by atoms with Gasteiger partial charge < -0.3 is 15.5 Å². The number of aromatic nitrogens is 4. The lowest BCUT2D eigenvalue weighted by atomic mass is 10.1. The average Bonchev–Trinajstić information content (AvgIpc) is 2.89. The van der Waals surface area contributed by atoms with Gasteiger partial charge in [-0.15, -0.1) is 0 Å². The lowest BCUT2D eigenvalue weighted by Crippen LogP contribution is -1.89. The van der Waals surface area contributed by atoms with Crippen LogP contribution in [0.1, 0.15) is 5.69 Å². The summed E-state index contributed by atoms with van der Waals surface area (Å²) in [5, 5.41) is 0. The van der Waals surface area contributed by atoms with Crippen LogP contribution in [0.15, 0.2) is 36.7 Å². The molecule has 3 heterocycles. The predicted molar refractivity (Wildman–Crippen MR) is 80.8 cm³/mol. The molecule has 3 N–H and O–H groups in total. The Morgan fingerprint density at radius 2 is 2.00 bits per heavy atom. The van der Waals surface area contributed by atoms with Crippen LogP contribution in [0.5, 0.6) is 5.88 Å². The van der Waals surface area contributed by atoms with E-state index < -0.39 is 0 Å². The summed E-state index contributed by atoms with van der Waals surface area (Å²) in [4.78, 5) is 15.9. The Kier molecular flexibility index (Phi) is 3.27. The molecular formula is C15H15N5O. The zero-order valence-electron chi connectivity index (χ0n) is 11.8. The SMILES string of the molecule is COc1ccc(-c2nc(N)[nH]c2-c2ccnc(C)c2)cn1. The summed E-state index contributed by atoms with van der Waals surface area (Å²) in [5.74, 6) is 0.925. The molecule has 0 spiro atoms. The summed E-state index contributed by atoms with van der Waals surface area (Å²) < 4.78 is 5.07. The topological polar surface area (TPSA) is 89.7 Å². The van der Waals surface area contributed by atoms with Crippen LogP contribution in [0.2, 0.25) is 0 Å². The highest BCUT2D eigenvalue weighted by Crippen LogP contribution is 2.31. The second-order valence-corrected chi connectivity index (χ2v) is 4.62. The van der Waals surface area contributed by atoms with Crippen molar-refractivity contribution in [2.24, 2.45) is 0 Å². The molecular weight excluding hydrogens is 266 g/mol. The molecule has 106 valence electrons. The van der Waals surface area contributed by atoms with Gasteiger partial charge in [0.2, 0.25) is 5.88 Å². The second-order valence-electron chi connectivity index (χ2n) is 4.62. The Bertz CT molecular complexity index is 764. The number of nitrogens with two attached hydrogens (primary N) is 1. The van der Waals surface area contributed by atoms with Gasteiger partial charge in [0, 0.05) is 35.3 Å². The van der Waals surface area contributed by atoms with E-state index in [-0.39, 0.29) is 0 Å². The molecule has 0 aliphatic heterocycles. The van der Waals surface area contributed by atoms with E-state index in [1.165, 1.54) is 0 Å². The molecule has 0 amide bonds. The third-order valence-corrected chi connectivity index (χ3v) is 3.13. The molecule has 0 aliphatic carbocycles. The molecule has 3 aromatic heterocycles. The number of hydrogen-bond donors (Lipinski definition) is 2. The zero-order chi connectivity index (χ0) is 14.8. The third-order valence-electron chi connectivity index (χ3n) is 3.13. The van der Waals surface area contributed by atoms with Crippen LogP contribution >= 0.6 is 0 Å². The van der Waals surface area contributed by atoms with E-state index in [1.807, 2.05) is 25.1 Å². The minimum absolute atomic E-state index is 0.366. The first kappa shape index (κ1) is 13.1. The standard InChI is InChI=1S/C15H15N5O/c1-9-7-10(5-6-17-9)13-14(20-15(16)19-13)11-3-4-12(21-2)18-8-11/h3-8H,1-2H3,(H3,16,19,20). The van der Waals surface area contributed by atoms with Gasteiger partial charge in [-0.25, -0.2) is 9.97 Å². The first-order valence-corrected chi connectivity index (χ1v) is 6.46. The Labute approximate surface area is 122 Å². The summed E-state index contributed by atoms with van der Waals surface area (Å²) in [6.45, 7) is 1.94. The Morgan fingerprint density at radius 3 is 2.67 bits per heavy atom. The van der Waals surface area contributed by atoms with Crippen LogP contribution in [0.3, 0.4) is 0 Å². The van der Waals surface area contributed by atoms with Crippen LogP contribution < -0.4 is 10.5 Å². The molecule has 3 rings (SSSR count). The van der Waals surface area contributed by atoms with Crippen LogP contribution in [0.25, 0.3) is 22.5 Å². The summed E-state index contributed by atoms with van der Waals surface area (Å²) >= 11 is 0. The number of methoxy groups -OCH3 is 1. The quantitative estimate of drug-likeness (QED) is 0.769. The maximum atomic E-state index is 5.82. The molecule has 6 heteroatoms. The van der Waals surface area contributed by atoms with Gasteiger partial charge in [-0.3, -0.25) is 4.98 Å². The number of ether oxygens (including phenoxy) is 1. The first-order valence-electron chi connectivity index (χ1n) is 6.46. The van der Waals surface area contributed by atoms with Gasteiger partial charge in [-0.05, 0) is 25.1 Å². The number of hydrogen-bond acceptors (Lipinski definition) is 5. The van der Waals surface area contributed by atoms with Crippen LogP contribution in [-0.2, 0) is 0 Å². The van der Waals surface area contributed by atoms with Gasteiger partial charge in [0.05, 0.1) is 18.5 Å². The molecule has 0 unspecified atom stereocenters. The van der Waals surface area contributed by atoms with Crippen molar-refractivity contribution < 1.29 is 4.74 Å². The highest BCUT2D eigenvalue weighted by atomic mass is 16.5. The number of rotatable bonds is 3. The van der Waals surface area contributed by atoms with Gasteiger partial charge >= 0.3 is 0 Å². The number of H-pyrrole nitrogens is 1. The van der Waals surface area contributed by atoms with Crippen molar-refractivity contribution in [2.75, 3.05) is 12.8 Å². The lowest BCUT2D eigenvalue weighted by molar-refractivity contribution is 0.398. The highest BCUT2D eigenvalue weighted by Gasteiger charge is 2.13.